The minimum atomic E-state index is 0.121. The van der Waals surface area contributed by atoms with E-state index in [0.717, 1.165) is 45.3 Å². The molecule has 2 aliphatic heterocycles. The summed E-state index contributed by atoms with van der Waals surface area (Å²) in [6, 6.07) is 8.84. The SMILES string of the molecule is O=C1NCCC1N1CCCc2ccccc2CC1. The van der Waals surface area contributed by atoms with Gasteiger partial charge in [0.15, 0.2) is 0 Å². The van der Waals surface area contributed by atoms with E-state index in [0.29, 0.717) is 0 Å². The van der Waals surface area contributed by atoms with Gasteiger partial charge in [-0.15, -0.1) is 0 Å². The monoisotopic (exact) mass is 244 g/mol. The van der Waals surface area contributed by atoms with Gasteiger partial charge in [0.05, 0.1) is 6.04 Å². The fraction of sp³-hybridized carbons (Fsp3) is 0.533. The Labute approximate surface area is 108 Å². The van der Waals surface area contributed by atoms with Gasteiger partial charge in [0, 0.05) is 13.1 Å². The number of nitrogens with one attached hydrogen (secondary N) is 1. The van der Waals surface area contributed by atoms with Crippen LogP contribution in [0, 0.1) is 0 Å². The number of fused-ring (bicyclic) bond motifs is 1. The number of carbonyl (C=O) groups is 1. The molecule has 1 amide bonds. The zero-order chi connectivity index (χ0) is 12.4. The lowest BCUT2D eigenvalue weighted by Gasteiger charge is -2.29. The lowest BCUT2D eigenvalue weighted by Crippen LogP contribution is -2.43. The summed E-state index contributed by atoms with van der Waals surface area (Å²) in [5.74, 6) is 0.226. The van der Waals surface area contributed by atoms with E-state index in [4.69, 9.17) is 0 Å². The molecule has 1 aromatic carbocycles. The summed E-state index contributed by atoms with van der Waals surface area (Å²) in [5.41, 5.74) is 2.95. The van der Waals surface area contributed by atoms with Gasteiger partial charge in [0.1, 0.15) is 0 Å². The Kier molecular flexibility index (Phi) is 3.33. The highest BCUT2D eigenvalue weighted by Crippen LogP contribution is 2.19. The summed E-state index contributed by atoms with van der Waals surface area (Å²) in [6.07, 6.45) is 4.34. The number of benzene rings is 1. The van der Waals surface area contributed by atoms with E-state index >= 15 is 0 Å². The van der Waals surface area contributed by atoms with E-state index in [-0.39, 0.29) is 11.9 Å². The standard InChI is InChI=1S/C15H20N2O/c18-15-14(7-9-16-15)17-10-3-6-12-4-1-2-5-13(12)8-11-17/h1-2,4-5,14H,3,6-11H2,(H,16,18). The maximum atomic E-state index is 11.8. The van der Waals surface area contributed by atoms with Gasteiger partial charge in [-0.1, -0.05) is 24.3 Å². The molecule has 18 heavy (non-hydrogen) atoms. The molecule has 1 fully saturated rings. The van der Waals surface area contributed by atoms with Gasteiger partial charge in [0.25, 0.3) is 0 Å². The molecule has 3 nitrogen and oxygen atoms in total. The largest absolute Gasteiger partial charge is 0.355 e. The second-order valence-corrected chi connectivity index (χ2v) is 5.25. The van der Waals surface area contributed by atoms with Crippen molar-refractivity contribution in [2.45, 2.75) is 31.7 Å². The molecule has 1 unspecified atom stereocenters. The van der Waals surface area contributed by atoms with Gasteiger partial charge in [0.2, 0.25) is 5.91 Å². The van der Waals surface area contributed by atoms with E-state index in [9.17, 15) is 4.79 Å². The summed E-state index contributed by atoms with van der Waals surface area (Å²) in [5, 5.41) is 2.94. The predicted octanol–water partition coefficient (Wildman–Crippen LogP) is 1.37. The Morgan fingerprint density at radius 2 is 1.89 bits per heavy atom. The molecule has 1 atom stereocenters. The topological polar surface area (TPSA) is 32.3 Å². The van der Waals surface area contributed by atoms with Crippen molar-refractivity contribution in [3.8, 4) is 0 Å². The van der Waals surface area contributed by atoms with Crippen molar-refractivity contribution >= 4 is 5.91 Å². The molecule has 0 saturated carbocycles. The molecule has 0 radical (unpaired) electrons. The molecule has 3 heteroatoms. The normalized spacial score (nSPS) is 25.1. The first kappa shape index (κ1) is 11.7. The summed E-state index contributed by atoms with van der Waals surface area (Å²) < 4.78 is 0. The van der Waals surface area contributed by atoms with E-state index < -0.39 is 0 Å². The average molecular weight is 244 g/mol. The van der Waals surface area contributed by atoms with E-state index in [1.807, 2.05) is 0 Å². The van der Waals surface area contributed by atoms with Gasteiger partial charge < -0.3 is 5.32 Å². The van der Waals surface area contributed by atoms with E-state index in [1.165, 1.54) is 11.1 Å². The van der Waals surface area contributed by atoms with Crippen molar-refractivity contribution in [3.63, 3.8) is 0 Å². The van der Waals surface area contributed by atoms with Gasteiger partial charge in [-0.25, -0.2) is 0 Å². The van der Waals surface area contributed by atoms with Crippen molar-refractivity contribution < 1.29 is 4.79 Å². The second kappa shape index (κ2) is 5.11. The number of hydrogen-bond donors (Lipinski definition) is 1. The van der Waals surface area contributed by atoms with Crippen LogP contribution in [-0.4, -0.2) is 36.5 Å². The molecule has 2 heterocycles. The Morgan fingerprint density at radius 1 is 1.11 bits per heavy atom. The molecule has 1 aromatic rings. The Bertz CT molecular complexity index is 444. The van der Waals surface area contributed by atoms with Gasteiger partial charge >= 0.3 is 0 Å². The first-order valence-electron chi connectivity index (χ1n) is 6.93. The molecule has 0 aromatic heterocycles. The lowest BCUT2D eigenvalue weighted by atomic mass is 9.97. The third-order valence-electron chi connectivity index (χ3n) is 4.14. The molecule has 1 N–H and O–H groups in total. The van der Waals surface area contributed by atoms with Crippen LogP contribution in [0.1, 0.15) is 24.0 Å². The minimum Gasteiger partial charge on any atom is -0.355 e. The zero-order valence-corrected chi connectivity index (χ0v) is 10.7. The smallest absolute Gasteiger partial charge is 0.237 e. The highest BCUT2D eigenvalue weighted by Gasteiger charge is 2.30. The predicted molar refractivity (Wildman–Crippen MR) is 71.5 cm³/mol. The molecule has 3 rings (SSSR count). The Balaban J connectivity index is 1.73. The number of rotatable bonds is 1. The molecule has 0 bridgehead atoms. The highest BCUT2D eigenvalue weighted by molar-refractivity contribution is 5.83. The maximum absolute atomic E-state index is 11.8. The number of carbonyl (C=O) groups excluding carboxylic acids is 1. The first-order chi connectivity index (χ1) is 8.84. The molecule has 96 valence electrons. The van der Waals surface area contributed by atoms with Gasteiger partial charge in [-0.05, 0) is 43.4 Å². The van der Waals surface area contributed by atoms with Crippen LogP contribution in [0.3, 0.4) is 0 Å². The van der Waals surface area contributed by atoms with Crippen molar-refractivity contribution in [1.29, 1.82) is 0 Å². The summed E-state index contributed by atoms with van der Waals surface area (Å²) in [7, 11) is 0. The number of amides is 1. The lowest BCUT2D eigenvalue weighted by molar-refractivity contribution is -0.123. The summed E-state index contributed by atoms with van der Waals surface area (Å²) in [6.45, 7) is 2.90. The quantitative estimate of drug-likeness (QED) is 0.809. The number of nitrogens with zero attached hydrogens (tertiary/aromatic N) is 1. The van der Waals surface area contributed by atoms with Crippen LogP contribution >= 0.6 is 0 Å². The van der Waals surface area contributed by atoms with Crippen LogP contribution in [0.2, 0.25) is 0 Å². The van der Waals surface area contributed by atoms with Crippen molar-refractivity contribution in [2.75, 3.05) is 19.6 Å². The summed E-state index contributed by atoms with van der Waals surface area (Å²) in [4.78, 5) is 14.1. The third kappa shape index (κ3) is 2.27. The van der Waals surface area contributed by atoms with Crippen LogP contribution < -0.4 is 5.32 Å². The highest BCUT2D eigenvalue weighted by atomic mass is 16.2. The molecule has 0 spiro atoms. The number of aryl methyl sites for hydroxylation is 1. The van der Waals surface area contributed by atoms with Crippen LogP contribution in [0.15, 0.2) is 24.3 Å². The van der Waals surface area contributed by atoms with Crippen molar-refractivity contribution in [1.82, 2.24) is 10.2 Å². The fourth-order valence-corrected chi connectivity index (χ4v) is 3.13. The molecular weight excluding hydrogens is 224 g/mol. The van der Waals surface area contributed by atoms with Crippen LogP contribution in [0.25, 0.3) is 0 Å². The maximum Gasteiger partial charge on any atom is 0.237 e. The minimum absolute atomic E-state index is 0.121. The first-order valence-corrected chi connectivity index (χ1v) is 6.93. The van der Waals surface area contributed by atoms with Crippen molar-refractivity contribution in [3.05, 3.63) is 35.4 Å². The Hall–Kier alpha value is -1.35. The van der Waals surface area contributed by atoms with E-state index in [1.54, 1.807) is 0 Å². The molecule has 1 saturated heterocycles. The van der Waals surface area contributed by atoms with Crippen LogP contribution in [0.5, 0.6) is 0 Å². The van der Waals surface area contributed by atoms with Gasteiger partial charge in [-0.3, -0.25) is 9.69 Å². The zero-order valence-electron chi connectivity index (χ0n) is 10.7. The second-order valence-electron chi connectivity index (χ2n) is 5.25. The molecule has 0 aliphatic carbocycles. The van der Waals surface area contributed by atoms with Gasteiger partial charge in [-0.2, -0.15) is 0 Å². The third-order valence-corrected chi connectivity index (χ3v) is 4.14. The Morgan fingerprint density at radius 3 is 2.61 bits per heavy atom. The van der Waals surface area contributed by atoms with Crippen LogP contribution in [-0.2, 0) is 17.6 Å². The molecular formula is C15H20N2O. The number of hydrogen-bond acceptors (Lipinski definition) is 2. The van der Waals surface area contributed by atoms with Crippen LogP contribution in [0.4, 0.5) is 0 Å². The van der Waals surface area contributed by atoms with E-state index in [2.05, 4.69) is 34.5 Å². The van der Waals surface area contributed by atoms with Crippen molar-refractivity contribution in [2.24, 2.45) is 0 Å². The molecule has 2 aliphatic rings. The summed E-state index contributed by atoms with van der Waals surface area (Å²) >= 11 is 0. The average Bonchev–Trinajstić information content (AvgIpc) is 2.77. The fourth-order valence-electron chi connectivity index (χ4n) is 3.13.